The monoisotopic (exact) mass is 324 g/mol. The first kappa shape index (κ1) is 17.6. The third-order valence-electron chi connectivity index (χ3n) is 6.27. The number of piperazine rings is 1. The molecule has 3 saturated heterocycles. The minimum absolute atomic E-state index is 0.300. The van der Waals surface area contributed by atoms with Crippen LogP contribution in [0.5, 0.6) is 0 Å². The quantitative estimate of drug-likeness (QED) is 0.771. The minimum atomic E-state index is 0.300. The Hall–Kier alpha value is -0.200. The predicted molar refractivity (Wildman–Crippen MR) is 94.8 cm³/mol. The molecule has 0 aromatic rings. The summed E-state index contributed by atoms with van der Waals surface area (Å²) in [7, 11) is 0. The van der Waals surface area contributed by atoms with Gasteiger partial charge in [-0.3, -0.25) is 14.7 Å². The summed E-state index contributed by atoms with van der Waals surface area (Å²) >= 11 is 0. The maximum atomic E-state index is 9.05. The topological polar surface area (TPSA) is 33.2 Å². The fourth-order valence-electron chi connectivity index (χ4n) is 4.78. The summed E-state index contributed by atoms with van der Waals surface area (Å²) in [6.07, 6.45) is 5.49. The molecule has 0 saturated carbocycles. The molecule has 1 unspecified atom stereocenters. The molecule has 5 heteroatoms. The molecule has 1 N–H and O–H groups in total. The summed E-state index contributed by atoms with van der Waals surface area (Å²) in [5.41, 5.74) is 0. The number of hydrogen-bond acceptors (Lipinski definition) is 5. The van der Waals surface area contributed by atoms with Gasteiger partial charge in [0.1, 0.15) is 0 Å². The van der Waals surface area contributed by atoms with Gasteiger partial charge in [-0.05, 0) is 51.9 Å². The number of likely N-dealkylation sites (tertiary alicyclic amines) is 2. The van der Waals surface area contributed by atoms with E-state index in [1.54, 1.807) is 0 Å². The van der Waals surface area contributed by atoms with Crippen molar-refractivity contribution in [3.8, 4) is 0 Å². The third-order valence-corrected chi connectivity index (χ3v) is 6.27. The highest BCUT2D eigenvalue weighted by Crippen LogP contribution is 2.22. The van der Waals surface area contributed by atoms with Gasteiger partial charge in [-0.2, -0.15) is 0 Å². The van der Waals surface area contributed by atoms with Crippen LogP contribution >= 0.6 is 0 Å². The lowest BCUT2D eigenvalue weighted by molar-refractivity contribution is 0.0479. The van der Waals surface area contributed by atoms with E-state index in [0.717, 1.165) is 31.7 Å². The van der Waals surface area contributed by atoms with Gasteiger partial charge in [-0.25, -0.2) is 0 Å². The molecule has 0 radical (unpaired) electrons. The van der Waals surface area contributed by atoms with E-state index in [9.17, 15) is 0 Å². The van der Waals surface area contributed by atoms with Gasteiger partial charge in [0.25, 0.3) is 0 Å². The number of nitrogens with zero attached hydrogens (tertiary/aromatic N) is 4. The molecule has 3 aliphatic heterocycles. The van der Waals surface area contributed by atoms with Crippen LogP contribution in [-0.4, -0.2) is 109 Å². The normalized spacial score (nSPS) is 30.3. The van der Waals surface area contributed by atoms with E-state index >= 15 is 0 Å². The number of hydrogen-bond donors (Lipinski definition) is 1. The molecule has 0 aliphatic carbocycles. The average Bonchev–Trinajstić information content (AvgIpc) is 3.04. The van der Waals surface area contributed by atoms with Crippen molar-refractivity contribution in [3.05, 3.63) is 0 Å². The van der Waals surface area contributed by atoms with Crippen molar-refractivity contribution in [2.45, 2.75) is 44.7 Å². The zero-order valence-electron chi connectivity index (χ0n) is 15.0. The summed E-state index contributed by atoms with van der Waals surface area (Å²) in [5.74, 6) is 0. The number of likely N-dealkylation sites (N-methyl/N-ethyl adjacent to an activating group) is 1. The third kappa shape index (κ3) is 4.67. The molecule has 3 aliphatic rings. The van der Waals surface area contributed by atoms with Crippen molar-refractivity contribution in [2.75, 3.05) is 72.1 Å². The maximum Gasteiger partial charge on any atom is 0.0558 e. The van der Waals surface area contributed by atoms with Crippen LogP contribution in [0.15, 0.2) is 0 Å². The molecule has 23 heavy (non-hydrogen) atoms. The highest BCUT2D eigenvalue weighted by molar-refractivity contribution is 4.87. The van der Waals surface area contributed by atoms with Gasteiger partial charge >= 0.3 is 0 Å². The fourth-order valence-corrected chi connectivity index (χ4v) is 4.78. The van der Waals surface area contributed by atoms with Crippen LogP contribution in [0.3, 0.4) is 0 Å². The molecule has 0 aromatic heterocycles. The summed E-state index contributed by atoms with van der Waals surface area (Å²) in [6.45, 7) is 14.5. The Morgan fingerprint density at radius 1 is 0.870 bits per heavy atom. The van der Waals surface area contributed by atoms with E-state index in [1.165, 1.54) is 71.5 Å². The van der Waals surface area contributed by atoms with Crippen LogP contribution in [-0.2, 0) is 0 Å². The first-order valence-corrected chi connectivity index (χ1v) is 9.84. The van der Waals surface area contributed by atoms with Crippen LogP contribution in [0.2, 0.25) is 0 Å². The second kappa shape index (κ2) is 8.77. The van der Waals surface area contributed by atoms with Crippen LogP contribution in [0.1, 0.15) is 32.6 Å². The van der Waals surface area contributed by atoms with Crippen molar-refractivity contribution >= 4 is 0 Å². The summed E-state index contributed by atoms with van der Waals surface area (Å²) in [4.78, 5) is 10.5. The minimum Gasteiger partial charge on any atom is -0.395 e. The molecule has 3 rings (SSSR count). The Morgan fingerprint density at radius 3 is 2.26 bits per heavy atom. The largest absolute Gasteiger partial charge is 0.395 e. The standard InChI is InChI=1S/C18H36N4O/c1-2-21-7-3-4-18(21)16-20-8-5-17(6-9-20)22-12-10-19(11-13-22)14-15-23/h17-18,23H,2-16H2,1H3. The molecule has 3 heterocycles. The number of piperidine rings is 1. The van der Waals surface area contributed by atoms with E-state index in [1.807, 2.05) is 0 Å². The van der Waals surface area contributed by atoms with Gasteiger partial charge in [0.05, 0.1) is 6.61 Å². The number of aliphatic hydroxyl groups excluding tert-OH is 1. The van der Waals surface area contributed by atoms with Crippen LogP contribution in [0.25, 0.3) is 0 Å². The Balaban J connectivity index is 1.37. The lowest BCUT2D eigenvalue weighted by atomic mass is 10.0. The highest BCUT2D eigenvalue weighted by Gasteiger charge is 2.30. The SMILES string of the molecule is CCN1CCCC1CN1CCC(N2CCN(CCO)CC2)CC1. The van der Waals surface area contributed by atoms with Gasteiger partial charge in [0.15, 0.2) is 0 Å². The molecule has 0 amide bonds. The van der Waals surface area contributed by atoms with Gasteiger partial charge in [0.2, 0.25) is 0 Å². The summed E-state index contributed by atoms with van der Waals surface area (Å²) < 4.78 is 0. The van der Waals surface area contributed by atoms with E-state index in [2.05, 4.69) is 26.5 Å². The zero-order chi connectivity index (χ0) is 16.1. The van der Waals surface area contributed by atoms with Crippen LogP contribution < -0.4 is 0 Å². The predicted octanol–water partition coefficient (Wildman–Crippen LogP) is 0.545. The molecular weight excluding hydrogens is 288 g/mol. The van der Waals surface area contributed by atoms with Gasteiger partial charge < -0.3 is 10.0 Å². The molecule has 0 aromatic carbocycles. The van der Waals surface area contributed by atoms with Crippen molar-refractivity contribution in [1.29, 1.82) is 0 Å². The summed E-state index contributed by atoms with van der Waals surface area (Å²) in [6, 6.07) is 1.62. The highest BCUT2D eigenvalue weighted by atomic mass is 16.3. The van der Waals surface area contributed by atoms with Crippen LogP contribution in [0, 0.1) is 0 Å². The van der Waals surface area contributed by atoms with Gasteiger partial charge in [-0.1, -0.05) is 6.92 Å². The molecule has 0 bridgehead atoms. The Bertz CT molecular complexity index is 338. The number of β-amino-alcohol motifs (C(OH)–C–C–N with tert-alkyl or cyclic N) is 1. The van der Waals surface area contributed by atoms with Crippen molar-refractivity contribution in [1.82, 2.24) is 19.6 Å². The first-order chi connectivity index (χ1) is 11.3. The van der Waals surface area contributed by atoms with Crippen molar-refractivity contribution in [2.24, 2.45) is 0 Å². The lowest BCUT2D eigenvalue weighted by Gasteiger charge is -2.43. The van der Waals surface area contributed by atoms with Crippen molar-refractivity contribution in [3.63, 3.8) is 0 Å². The lowest BCUT2D eigenvalue weighted by Crippen LogP contribution is -2.54. The van der Waals surface area contributed by atoms with E-state index in [4.69, 9.17) is 5.11 Å². The Kier molecular flexibility index (Phi) is 6.72. The van der Waals surface area contributed by atoms with E-state index in [0.29, 0.717) is 6.61 Å². The number of rotatable bonds is 6. The van der Waals surface area contributed by atoms with Crippen molar-refractivity contribution < 1.29 is 5.11 Å². The molecule has 3 fully saturated rings. The van der Waals surface area contributed by atoms with E-state index < -0.39 is 0 Å². The second-order valence-corrected chi connectivity index (χ2v) is 7.56. The van der Waals surface area contributed by atoms with Gasteiger partial charge in [-0.15, -0.1) is 0 Å². The zero-order valence-corrected chi connectivity index (χ0v) is 15.0. The smallest absolute Gasteiger partial charge is 0.0558 e. The molecule has 5 nitrogen and oxygen atoms in total. The Morgan fingerprint density at radius 2 is 1.61 bits per heavy atom. The number of aliphatic hydroxyl groups is 1. The fraction of sp³-hybridized carbons (Fsp3) is 1.00. The molecular formula is C18H36N4O. The summed E-state index contributed by atoms with van der Waals surface area (Å²) in [5, 5.41) is 9.05. The molecule has 134 valence electrons. The molecule has 0 spiro atoms. The van der Waals surface area contributed by atoms with Crippen LogP contribution in [0.4, 0.5) is 0 Å². The Labute approximate surface area is 142 Å². The average molecular weight is 325 g/mol. The first-order valence-electron chi connectivity index (χ1n) is 9.84. The second-order valence-electron chi connectivity index (χ2n) is 7.56. The van der Waals surface area contributed by atoms with Gasteiger partial charge in [0, 0.05) is 51.4 Å². The maximum absolute atomic E-state index is 9.05. The van der Waals surface area contributed by atoms with E-state index in [-0.39, 0.29) is 0 Å². The molecule has 1 atom stereocenters.